The van der Waals surface area contributed by atoms with Gasteiger partial charge in [-0.25, -0.2) is 0 Å². The Kier molecular flexibility index (Phi) is 4.13. The molecule has 174 valence electrons. The van der Waals surface area contributed by atoms with Crippen LogP contribution in [-0.4, -0.2) is 12.7 Å². The van der Waals surface area contributed by atoms with Crippen molar-refractivity contribution < 1.29 is 4.74 Å². The van der Waals surface area contributed by atoms with Gasteiger partial charge in [0.2, 0.25) is 0 Å². The third-order valence-corrected chi connectivity index (χ3v) is 13.4. The fourth-order valence-electron chi connectivity index (χ4n) is 11.5. The van der Waals surface area contributed by atoms with Gasteiger partial charge in [0.05, 0.1) is 12.7 Å². The van der Waals surface area contributed by atoms with Gasteiger partial charge in [0, 0.05) is 0 Å². The maximum absolute atomic E-state index is 6.71. The molecule has 9 atom stereocenters. The van der Waals surface area contributed by atoms with Crippen LogP contribution < -0.4 is 0 Å². The number of hydrogen-bond donors (Lipinski definition) is 0. The predicted molar refractivity (Wildman–Crippen MR) is 129 cm³/mol. The average Bonchev–Trinajstić information content (AvgIpc) is 3.01. The van der Waals surface area contributed by atoms with Gasteiger partial charge in [0.1, 0.15) is 0 Å². The molecule has 0 N–H and O–H groups in total. The van der Waals surface area contributed by atoms with Crippen LogP contribution in [0.3, 0.4) is 0 Å². The van der Waals surface area contributed by atoms with Crippen molar-refractivity contribution in [1.82, 2.24) is 0 Å². The van der Waals surface area contributed by atoms with E-state index in [4.69, 9.17) is 4.74 Å². The van der Waals surface area contributed by atoms with E-state index in [0.717, 1.165) is 30.3 Å². The van der Waals surface area contributed by atoms with E-state index in [-0.39, 0.29) is 0 Å². The van der Waals surface area contributed by atoms with Crippen LogP contribution in [-0.2, 0) is 4.74 Å². The second-order valence-corrected chi connectivity index (χ2v) is 15.2. The molecular formula is C30H48O. The predicted octanol–water partition coefficient (Wildman–Crippen LogP) is 8.04. The molecule has 6 aliphatic rings. The van der Waals surface area contributed by atoms with E-state index < -0.39 is 0 Å². The highest BCUT2D eigenvalue weighted by Crippen LogP contribution is 2.77. The molecule has 0 aromatic carbocycles. The van der Waals surface area contributed by atoms with Crippen molar-refractivity contribution in [3.8, 4) is 0 Å². The summed E-state index contributed by atoms with van der Waals surface area (Å²) in [6.45, 7) is 19.4. The van der Waals surface area contributed by atoms with Crippen molar-refractivity contribution in [3.05, 3.63) is 12.2 Å². The van der Waals surface area contributed by atoms with Gasteiger partial charge in [-0.3, -0.25) is 0 Å². The summed E-state index contributed by atoms with van der Waals surface area (Å²) in [4.78, 5) is 0. The highest BCUT2D eigenvalue weighted by molar-refractivity contribution is 5.24. The Bertz CT molecular complexity index is 807. The normalized spacial score (nSPS) is 58.6. The van der Waals surface area contributed by atoms with E-state index in [9.17, 15) is 0 Å². The van der Waals surface area contributed by atoms with Crippen molar-refractivity contribution in [2.24, 2.45) is 56.2 Å². The zero-order valence-electron chi connectivity index (χ0n) is 21.5. The Hall–Kier alpha value is -0.300. The molecule has 1 heterocycles. The lowest BCUT2D eigenvalue weighted by Crippen LogP contribution is -2.66. The maximum atomic E-state index is 6.71. The number of fused-ring (bicyclic) bond motifs is 5. The molecule has 6 rings (SSSR count). The van der Waals surface area contributed by atoms with Crippen LogP contribution in [0.5, 0.6) is 0 Å². The van der Waals surface area contributed by atoms with Crippen molar-refractivity contribution in [2.45, 2.75) is 112 Å². The van der Waals surface area contributed by atoms with E-state index in [1.54, 1.807) is 0 Å². The molecule has 0 aromatic rings. The third-order valence-electron chi connectivity index (χ3n) is 13.4. The number of hydrogen-bond acceptors (Lipinski definition) is 1. The van der Waals surface area contributed by atoms with E-state index in [0.29, 0.717) is 38.6 Å². The van der Waals surface area contributed by atoms with Crippen molar-refractivity contribution in [2.75, 3.05) is 6.61 Å². The Morgan fingerprint density at radius 1 is 0.710 bits per heavy atom. The van der Waals surface area contributed by atoms with Crippen molar-refractivity contribution in [1.29, 1.82) is 0 Å². The number of allylic oxidation sites excluding steroid dienone is 2. The highest BCUT2D eigenvalue weighted by Gasteiger charge is 2.72. The lowest BCUT2D eigenvalue weighted by atomic mass is 9.32. The van der Waals surface area contributed by atoms with Gasteiger partial charge < -0.3 is 4.74 Å². The molecular weight excluding hydrogens is 376 g/mol. The van der Waals surface area contributed by atoms with E-state index in [1.807, 2.05) is 0 Å². The monoisotopic (exact) mass is 424 g/mol. The summed E-state index contributed by atoms with van der Waals surface area (Å²) < 4.78 is 6.71. The number of rotatable bonds is 0. The first-order valence-electron chi connectivity index (χ1n) is 13.7. The third kappa shape index (κ3) is 2.39. The van der Waals surface area contributed by atoms with Gasteiger partial charge in [0.25, 0.3) is 0 Å². The van der Waals surface area contributed by atoms with Crippen LogP contribution in [0.1, 0.15) is 106 Å². The molecule has 1 saturated heterocycles. The van der Waals surface area contributed by atoms with Gasteiger partial charge in [-0.1, -0.05) is 60.6 Å². The topological polar surface area (TPSA) is 9.23 Å². The van der Waals surface area contributed by atoms with Crippen LogP contribution in [0, 0.1) is 56.2 Å². The summed E-state index contributed by atoms with van der Waals surface area (Å²) in [5.41, 5.74) is 2.68. The minimum atomic E-state index is 0.362. The summed E-state index contributed by atoms with van der Waals surface area (Å²) in [6.07, 6.45) is 18.5. The fourth-order valence-corrected chi connectivity index (χ4v) is 11.5. The van der Waals surface area contributed by atoms with Crippen LogP contribution >= 0.6 is 0 Å². The largest absolute Gasteiger partial charge is 0.377 e. The lowest BCUT2D eigenvalue weighted by molar-refractivity contribution is -0.227. The van der Waals surface area contributed by atoms with E-state index in [1.165, 1.54) is 57.8 Å². The van der Waals surface area contributed by atoms with Gasteiger partial charge in [-0.05, 0) is 114 Å². The maximum Gasteiger partial charge on any atom is 0.0663 e. The van der Waals surface area contributed by atoms with Crippen LogP contribution in [0.25, 0.3) is 0 Å². The SMILES string of the molecule is CC1(C)CCC23CCC4(C)C(CCC5C6(C)C=CCC(C)(C)C6CCC54C)C2C1OC3. The van der Waals surface area contributed by atoms with Gasteiger partial charge >= 0.3 is 0 Å². The van der Waals surface area contributed by atoms with Gasteiger partial charge in [-0.15, -0.1) is 0 Å². The first-order chi connectivity index (χ1) is 14.4. The zero-order valence-corrected chi connectivity index (χ0v) is 21.5. The molecule has 5 fully saturated rings. The molecule has 0 radical (unpaired) electrons. The van der Waals surface area contributed by atoms with Crippen LogP contribution in [0.15, 0.2) is 12.2 Å². The minimum Gasteiger partial charge on any atom is -0.377 e. The molecule has 9 unspecified atom stereocenters. The minimum absolute atomic E-state index is 0.362. The average molecular weight is 425 g/mol. The second-order valence-electron chi connectivity index (χ2n) is 15.2. The highest BCUT2D eigenvalue weighted by atomic mass is 16.5. The summed E-state index contributed by atoms with van der Waals surface area (Å²) in [7, 11) is 0. The molecule has 0 amide bonds. The molecule has 0 spiro atoms. The van der Waals surface area contributed by atoms with Crippen molar-refractivity contribution in [3.63, 3.8) is 0 Å². The lowest BCUT2D eigenvalue weighted by Gasteiger charge is -2.72. The molecule has 31 heavy (non-hydrogen) atoms. The summed E-state index contributed by atoms with van der Waals surface area (Å²) in [5.74, 6) is 3.39. The Morgan fingerprint density at radius 2 is 1.45 bits per heavy atom. The van der Waals surface area contributed by atoms with E-state index in [2.05, 4.69) is 60.6 Å². The molecule has 1 heteroatoms. The first kappa shape index (κ1) is 21.2. The fraction of sp³-hybridized carbons (Fsp3) is 0.933. The Balaban J connectivity index is 1.42. The summed E-state index contributed by atoms with van der Waals surface area (Å²) in [6, 6.07) is 0. The molecule has 4 saturated carbocycles. The Morgan fingerprint density at radius 3 is 2.23 bits per heavy atom. The van der Waals surface area contributed by atoms with Crippen molar-refractivity contribution >= 4 is 0 Å². The van der Waals surface area contributed by atoms with Gasteiger partial charge in [0.15, 0.2) is 0 Å². The van der Waals surface area contributed by atoms with Crippen LogP contribution in [0.2, 0.25) is 0 Å². The summed E-state index contributed by atoms with van der Waals surface area (Å²) in [5, 5.41) is 0. The smallest absolute Gasteiger partial charge is 0.0663 e. The number of ether oxygens (including phenoxy) is 1. The molecule has 1 aliphatic heterocycles. The van der Waals surface area contributed by atoms with E-state index >= 15 is 0 Å². The second kappa shape index (κ2) is 6.03. The standard InChI is InChI=1S/C30H48O/c1-25(2)12-8-13-27(5)21(25)11-14-29(7)22(27)10-9-20-23-24-26(3,4)15-17-30(23,19-31-24)18-16-28(20,29)6/h8,13,20-24H,9-12,14-19H2,1-7H3. The molecule has 2 bridgehead atoms. The molecule has 1 nitrogen and oxygen atoms in total. The molecule has 0 aromatic heterocycles. The quantitative estimate of drug-likeness (QED) is 0.357. The first-order valence-corrected chi connectivity index (χ1v) is 13.7. The summed E-state index contributed by atoms with van der Waals surface area (Å²) >= 11 is 0. The van der Waals surface area contributed by atoms with Gasteiger partial charge in [-0.2, -0.15) is 0 Å². The van der Waals surface area contributed by atoms with Crippen LogP contribution in [0.4, 0.5) is 0 Å². The zero-order chi connectivity index (χ0) is 22.1. The molecule has 5 aliphatic carbocycles. The Labute approximate surface area is 192 Å².